The summed E-state index contributed by atoms with van der Waals surface area (Å²) >= 11 is 0. The van der Waals surface area contributed by atoms with Gasteiger partial charge in [0.25, 0.3) is 0 Å². The third kappa shape index (κ3) is 2.55. The van der Waals surface area contributed by atoms with Crippen LogP contribution in [0.4, 0.5) is 0 Å². The average Bonchev–Trinajstić information content (AvgIpc) is 2.81. The SMILES string of the molecule is C[C@@H]1C[C@H](C)CN(C(=O)Cn2cnc3ccccc32)C1. The highest BCUT2D eigenvalue weighted by Crippen LogP contribution is 2.21. The van der Waals surface area contributed by atoms with Gasteiger partial charge < -0.3 is 9.47 Å². The topological polar surface area (TPSA) is 38.1 Å². The number of para-hydroxylation sites is 2. The van der Waals surface area contributed by atoms with Crippen LogP contribution in [0.3, 0.4) is 0 Å². The number of nitrogens with zero attached hydrogens (tertiary/aromatic N) is 3. The van der Waals surface area contributed by atoms with Gasteiger partial charge in [0.1, 0.15) is 6.54 Å². The summed E-state index contributed by atoms with van der Waals surface area (Å²) in [5.74, 6) is 1.40. The fourth-order valence-corrected chi connectivity index (χ4v) is 3.25. The molecule has 1 amide bonds. The minimum absolute atomic E-state index is 0.201. The molecule has 0 spiro atoms. The van der Waals surface area contributed by atoms with Crippen LogP contribution in [-0.2, 0) is 11.3 Å². The lowest BCUT2D eigenvalue weighted by atomic mass is 9.92. The molecule has 1 fully saturated rings. The van der Waals surface area contributed by atoms with Gasteiger partial charge in [-0.3, -0.25) is 4.79 Å². The van der Waals surface area contributed by atoms with E-state index in [0.29, 0.717) is 18.4 Å². The number of carbonyl (C=O) groups excluding carboxylic acids is 1. The quantitative estimate of drug-likeness (QED) is 0.842. The molecular formula is C16H21N3O. The Morgan fingerprint density at radius 1 is 1.25 bits per heavy atom. The van der Waals surface area contributed by atoms with Crippen molar-refractivity contribution in [3.8, 4) is 0 Å². The first-order chi connectivity index (χ1) is 9.63. The van der Waals surface area contributed by atoms with Gasteiger partial charge in [-0.2, -0.15) is 0 Å². The second-order valence-corrected chi connectivity index (χ2v) is 6.11. The molecule has 1 aromatic heterocycles. The minimum atomic E-state index is 0.201. The van der Waals surface area contributed by atoms with Gasteiger partial charge in [-0.15, -0.1) is 0 Å². The fraction of sp³-hybridized carbons (Fsp3) is 0.500. The summed E-state index contributed by atoms with van der Waals surface area (Å²) in [6.07, 6.45) is 2.98. The number of fused-ring (bicyclic) bond motifs is 1. The summed E-state index contributed by atoms with van der Waals surface area (Å²) in [5.41, 5.74) is 1.97. The number of rotatable bonds is 2. The van der Waals surface area contributed by atoms with Crippen LogP contribution in [0.2, 0.25) is 0 Å². The Morgan fingerprint density at radius 3 is 2.70 bits per heavy atom. The van der Waals surface area contributed by atoms with Crippen molar-refractivity contribution in [2.24, 2.45) is 11.8 Å². The Morgan fingerprint density at radius 2 is 1.95 bits per heavy atom. The third-order valence-electron chi connectivity index (χ3n) is 4.05. The predicted molar refractivity (Wildman–Crippen MR) is 79.3 cm³/mol. The molecule has 0 bridgehead atoms. The van der Waals surface area contributed by atoms with Gasteiger partial charge in [0.05, 0.1) is 17.4 Å². The van der Waals surface area contributed by atoms with Crippen LogP contribution in [0, 0.1) is 11.8 Å². The maximum atomic E-state index is 12.5. The number of piperidine rings is 1. The zero-order chi connectivity index (χ0) is 14.1. The van der Waals surface area contributed by atoms with Gasteiger partial charge >= 0.3 is 0 Å². The highest BCUT2D eigenvalue weighted by atomic mass is 16.2. The molecule has 1 aliphatic rings. The highest BCUT2D eigenvalue weighted by Gasteiger charge is 2.25. The molecule has 1 aliphatic heterocycles. The number of benzene rings is 1. The van der Waals surface area contributed by atoms with E-state index < -0.39 is 0 Å². The van der Waals surface area contributed by atoms with Crippen LogP contribution in [0.25, 0.3) is 11.0 Å². The molecule has 4 nitrogen and oxygen atoms in total. The average molecular weight is 271 g/mol. The van der Waals surface area contributed by atoms with E-state index in [1.165, 1.54) is 6.42 Å². The lowest BCUT2D eigenvalue weighted by molar-refractivity contribution is -0.134. The summed E-state index contributed by atoms with van der Waals surface area (Å²) in [5, 5.41) is 0. The van der Waals surface area contributed by atoms with E-state index in [0.717, 1.165) is 24.1 Å². The number of hydrogen-bond acceptors (Lipinski definition) is 2. The highest BCUT2D eigenvalue weighted by molar-refractivity contribution is 5.80. The Balaban J connectivity index is 1.75. The second-order valence-electron chi connectivity index (χ2n) is 6.11. The third-order valence-corrected chi connectivity index (χ3v) is 4.05. The first-order valence-electron chi connectivity index (χ1n) is 7.31. The molecule has 2 heterocycles. The van der Waals surface area contributed by atoms with Crippen molar-refractivity contribution in [3.05, 3.63) is 30.6 Å². The summed E-state index contributed by atoms with van der Waals surface area (Å²) < 4.78 is 1.95. The van der Waals surface area contributed by atoms with Crippen molar-refractivity contribution in [2.45, 2.75) is 26.8 Å². The van der Waals surface area contributed by atoms with Crippen molar-refractivity contribution in [3.63, 3.8) is 0 Å². The van der Waals surface area contributed by atoms with Crippen molar-refractivity contribution < 1.29 is 4.79 Å². The molecule has 20 heavy (non-hydrogen) atoms. The molecule has 4 heteroatoms. The van der Waals surface area contributed by atoms with Crippen LogP contribution in [-0.4, -0.2) is 33.4 Å². The minimum Gasteiger partial charge on any atom is -0.341 e. The van der Waals surface area contributed by atoms with E-state index in [9.17, 15) is 4.79 Å². The molecule has 106 valence electrons. The summed E-state index contributed by atoms with van der Waals surface area (Å²) in [4.78, 5) is 18.8. The molecule has 1 saturated heterocycles. The van der Waals surface area contributed by atoms with Gasteiger partial charge in [0.15, 0.2) is 0 Å². The fourth-order valence-electron chi connectivity index (χ4n) is 3.25. The van der Waals surface area contributed by atoms with Crippen molar-refractivity contribution >= 4 is 16.9 Å². The lowest BCUT2D eigenvalue weighted by Crippen LogP contribution is -2.43. The Labute approximate surface area is 119 Å². The Hall–Kier alpha value is -1.84. The molecule has 2 atom stereocenters. The molecule has 0 unspecified atom stereocenters. The Kier molecular flexibility index (Phi) is 3.47. The molecule has 0 N–H and O–H groups in total. The van der Waals surface area contributed by atoms with Gasteiger partial charge in [-0.1, -0.05) is 26.0 Å². The molecule has 2 aromatic rings. The predicted octanol–water partition coefficient (Wildman–Crippen LogP) is 2.54. The van der Waals surface area contributed by atoms with Crippen LogP contribution in [0.1, 0.15) is 20.3 Å². The van der Waals surface area contributed by atoms with Gasteiger partial charge in [0.2, 0.25) is 5.91 Å². The Bertz CT molecular complexity index is 609. The number of likely N-dealkylation sites (tertiary alicyclic amines) is 1. The smallest absolute Gasteiger partial charge is 0.242 e. The molecule has 0 radical (unpaired) electrons. The molecule has 0 saturated carbocycles. The van der Waals surface area contributed by atoms with Crippen molar-refractivity contribution in [1.29, 1.82) is 0 Å². The number of imidazole rings is 1. The summed E-state index contributed by atoms with van der Waals surface area (Å²) in [6, 6.07) is 7.93. The first-order valence-corrected chi connectivity index (χ1v) is 7.31. The maximum absolute atomic E-state index is 12.5. The van der Waals surface area contributed by atoms with E-state index >= 15 is 0 Å². The molecule has 3 rings (SSSR count). The van der Waals surface area contributed by atoms with E-state index in [1.807, 2.05) is 33.7 Å². The standard InChI is InChI=1S/C16H21N3O/c1-12-7-13(2)9-18(8-12)16(20)10-19-11-17-14-5-3-4-6-15(14)19/h3-6,11-13H,7-10H2,1-2H3/t12-,13+. The number of amides is 1. The van der Waals surface area contributed by atoms with Gasteiger partial charge in [-0.25, -0.2) is 4.98 Å². The van der Waals surface area contributed by atoms with Crippen molar-refractivity contribution in [2.75, 3.05) is 13.1 Å². The van der Waals surface area contributed by atoms with E-state index in [1.54, 1.807) is 6.33 Å². The monoisotopic (exact) mass is 271 g/mol. The van der Waals surface area contributed by atoms with Gasteiger partial charge in [0, 0.05) is 13.1 Å². The normalized spacial score (nSPS) is 23.2. The van der Waals surface area contributed by atoms with Crippen LogP contribution in [0.15, 0.2) is 30.6 Å². The molecular weight excluding hydrogens is 250 g/mol. The lowest BCUT2D eigenvalue weighted by Gasteiger charge is -2.35. The maximum Gasteiger partial charge on any atom is 0.242 e. The summed E-state index contributed by atoms with van der Waals surface area (Å²) in [6.45, 7) is 6.61. The van der Waals surface area contributed by atoms with E-state index in [2.05, 4.69) is 18.8 Å². The van der Waals surface area contributed by atoms with Crippen LogP contribution < -0.4 is 0 Å². The molecule has 0 aliphatic carbocycles. The largest absolute Gasteiger partial charge is 0.341 e. The second kappa shape index (κ2) is 5.27. The zero-order valence-corrected chi connectivity index (χ0v) is 12.1. The first kappa shape index (κ1) is 13.2. The van der Waals surface area contributed by atoms with Crippen LogP contribution in [0.5, 0.6) is 0 Å². The van der Waals surface area contributed by atoms with Crippen molar-refractivity contribution in [1.82, 2.24) is 14.5 Å². The van der Waals surface area contributed by atoms with Crippen LogP contribution >= 0.6 is 0 Å². The molecule has 1 aromatic carbocycles. The van der Waals surface area contributed by atoms with Gasteiger partial charge in [-0.05, 0) is 30.4 Å². The van der Waals surface area contributed by atoms with E-state index in [-0.39, 0.29) is 5.91 Å². The van der Waals surface area contributed by atoms with E-state index in [4.69, 9.17) is 0 Å². The number of carbonyl (C=O) groups is 1. The zero-order valence-electron chi connectivity index (χ0n) is 12.1. The number of hydrogen-bond donors (Lipinski definition) is 0. The number of aromatic nitrogens is 2. The summed E-state index contributed by atoms with van der Waals surface area (Å²) in [7, 11) is 0.